The number of hydrogen-bond acceptors (Lipinski definition) is 5. The fourth-order valence-corrected chi connectivity index (χ4v) is 3.59. The Balaban J connectivity index is 2.13. The lowest BCUT2D eigenvalue weighted by molar-refractivity contribution is -0.0854. The summed E-state index contributed by atoms with van der Waals surface area (Å²) in [6, 6.07) is 18.1. The highest BCUT2D eigenvalue weighted by molar-refractivity contribution is 5.68. The van der Waals surface area contributed by atoms with Crippen molar-refractivity contribution in [1.29, 1.82) is 0 Å². The van der Waals surface area contributed by atoms with Crippen LogP contribution in [-0.4, -0.2) is 63.2 Å². The van der Waals surface area contributed by atoms with Crippen LogP contribution in [0.1, 0.15) is 38.8 Å². The van der Waals surface area contributed by atoms with E-state index >= 15 is 0 Å². The molecule has 0 aliphatic heterocycles. The average molecular weight is 458 g/mol. The van der Waals surface area contributed by atoms with Gasteiger partial charge in [-0.3, -0.25) is 0 Å². The second kappa shape index (κ2) is 12.2. The van der Waals surface area contributed by atoms with Crippen molar-refractivity contribution in [2.24, 2.45) is 0 Å². The molecule has 180 valence electrons. The summed E-state index contributed by atoms with van der Waals surface area (Å²) >= 11 is 0. The van der Waals surface area contributed by atoms with Crippen molar-refractivity contribution in [3.8, 4) is 0 Å². The lowest BCUT2D eigenvalue weighted by atomic mass is 10.0. The Hall–Kier alpha value is -3.10. The van der Waals surface area contributed by atoms with Crippen LogP contribution in [0.25, 0.3) is 0 Å². The monoisotopic (exact) mass is 457 g/mol. The van der Waals surface area contributed by atoms with Gasteiger partial charge in [0.25, 0.3) is 0 Å². The summed E-state index contributed by atoms with van der Waals surface area (Å²) in [6.07, 6.45) is -2.43. The maximum atomic E-state index is 12.5. The van der Waals surface area contributed by atoms with Crippen LogP contribution in [0.4, 0.5) is 9.59 Å². The zero-order valence-electron chi connectivity index (χ0n) is 19.8. The van der Waals surface area contributed by atoms with E-state index in [0.29, 0.717) is 13.0 Å². The van der Waals surface area contributed by atoms with Gasteiger partial charge in [0.2, 0.25) is 0 Å². The highest BCUT2D eigenvalue weighted by Gasteiger charge is 2.34. The number of ether oxygens (including phenoxy) is 1. The highest BCUT2D eigenvalue weighted by Crippen LogP contribution is 2.18. The van der Waals surface area contributed by atoms with Crippen LogP contribution in [0, 0.1) is 0 Å². The molecule has 0 aliphatic rings. The van der Waals surface area contributed by atoms with Crippen LogP contribution in [-0.2, 0) is 17.8 Å². The molecule has 0 saturated heterocycles. The number of nitrogens with one attached hydrogen (secondary N) is 1. The molecule has 2 rings (SSSR count). The number of aliphatic hydroxyl groups excluding tert-OH is 1. The lowest BCUT2D eigenvalue weighted by Gasteiger charge is -2.42. The highest BCUT2D eigenvalue weighted by atomic mass is 16.5. The smallest absolute Gasteiger partial charge is 0.422 e. The van der Waals surface area contributed by atoms with Crippen molar-refractivity contribution in [1.82, 2.24) is 15.3 Å². The number of likely N-dealkylation sites (N-methyl/N-ethyl adjacent to an activating group) is 1. The van der Waals surface area contributed by atoms with Gasteiger partial charge in [-0.1, -0.05) is 67.6 Å². The number of alkyl carbamates (subject to hydrolysis) is 1. The molecule has 8 nitrogen and oxygen atoms in total. The Morgan fingerprint density at radius 1 is 1.00 bits per heavy atom. The maximum Gasteiger partial charge on any atom is 0.422 e. The summed E-state index contributed by atoms with van der Waals surface area (Å²) in [5, 5.41) is 26.4. The van der Waals surface area contributed by atoms with Crippen molar-refractivity contribution in [3.05, 3.63) is 71.8 Å². The summed E-state index contributed by atoms with van der Waals surface area (Å²) in [5.74, 6) is 0. The van der Waals surface area contributed by atoms with Crippen LogP contribution >= 0.6 is 0 Å². The van der Waals surface area contributed by atoms with E-state index in [2.05, 4.69) is 5.32 Å². The zero-order chi connectivity index (χ0) is 24.4. The quantitative estimate of drug-likeness (QED) is 0.468. The van der Waals surface area contributed by atoms with Gasteiger partial charge in [0, 0.05) is 13.1 Å². The molecular weight excluding hydrogens is 422 g/mol. The molecule has 0 aliphatic carbocycles. The number of amides is 2. The molecule has 0 spiro atoms. The number of aliphatic hydroxyl groups is 1. The molecule has 2 amide bonds. The molecule has 0 fully saturated rings. The number of carbonyl (C=O) groups excluding carboxylic acids is 1. The number of carboxylic acid groups (broad SMARTS) is 1. The average Bonchev–Trinajstić information content (AvgIpc) is 2.77. The van der Waals surface area contributed by atoms with Crippen LogP contribution < -0.4 is 5.32 Å². The molecule has 8 heteroatoms. The number of rotatable bonds is 10. The maximum absolute atomic E-state index is 12.5. The van der Waals surface area contributed by atoms with Crippen LogP contribution in [0.2, 0.25) is 0 Å². The first-order chi connectivity index (χ1) is 15.6. The van der Waals surface area contributed by atoms with Gasteiger partial charge in [-0.05, 0) is 38.3 Å². The molecule has 2 atom stereocenters. The summed E-state index contributed by atoms with van der Waals surface area (Å²) < 4.78 is 5.34. The fraction of sp³-hybridized carbons (Fsp3) is 0.440. The molecule has 0 aromatic heterocycles. The zero-order valence-corrected chi connectivity index (χ0v) is 19.8. The Morgan fingerprint density at radius 3 is 2.03 bits per heavy atom. The second-order valence-corrected chi connectivity index (χ2v) is 8.84. The minimum atomic E-state index is -1.11. The van der Waals surface area contributed by atoms with Crippen molar-refractivity contribution in [2.45, 2.75) is 58.4 Å². The van der Waals surface area contributed by atoms with Crippen LogP contribution in [0.3, 0.4) is 0 Å². The van der Waals surface area contributed by atoms with Gasteiger partial charge < -0.3 is 20.3 Å². The Bertz CT molecular complexity index is 871. The van der Waals surface area contributed by atoms with E-state index in [9.17, 15) is 19.8 Å². The van der Waals surface area contributed by atoms with E-state index in [4.69, 9.17) is 4.74 Å². The van der Waals surface area contributed by atoms with Crippen molar-refractivity contribution in [3.63, 3.8) is 0 Å². The van der Waals surface area contributed by atoms with E-state index in [-0.39, 0.29) is 13.2 Å². The summed E-state index contributed by atoms with van der Waals surface area (Å²) in [5.41, 5.74) is 1.09. The summed E-state index contributed by atoms with van der Waals surface area (Å²) in [7, 11) is 0. The second-order valence-electron chi connectivity index (χ2n) is 8.84. The summed E-state index contributed by atoms with van der Waals surface area (Å²) in [6.45, 7) is 7.69. The van der Waals surface area contributed by atoms with Gasteiger partial charge in [0.05, 0.1) is 17.7 Å². The van der Waals surface area contributed by atoms with E-state index in [1.807, 2.05) is 67.6 Å². The van der Waals surface area contributed by atoms with Crippen molar-refractivity contribution >= 4 is 12.2 Å². The molecular formula is C25H35N3O5. The predicted octanol–water partition coefficient (Wildman–Crippen LogP) is 3.90. The largest absolute Gasteiger partial charge is 0.464 e. The van der Waals surface area contributed by atoms with Crippen LogP contribution in [0.5, 0.6) is 0 Å². The van der Waals surface area contributed by atoms with Crippen molar-refractivity contribution < 1.29 is 24.5 Å². The number of carbonyl (C=O) groups is 2. The topological polar surface area (TPSA) is 102 Å². The third-order valence-electron chi connectivity index (χ3n) is 5.14. The van der Waals surface area contributed by atoms with E-state index in [1.54, 1.807) is 25.8 Å². The van der Waals surface area contributed by atoms with E-state index in [1.165, 1.54) is 5.01 Å². The van der Waals surface area contributed by atoms with Gasteiger partial charge in [-0.25, -0.2) is 19.6 Å². The minimum absolute atomic E-state index is 0.0243. The molecule has 0 saturated carbocycles. The standard InChI is InChI=1S/C25H35N3O5/c1-5-27(28(24(31)32)25(2,3)4)17-22(29)21(16-19-12-8-6-9-13-19)26-23(30)33-18-20-14-10-7-11-15-20/h6-15,21-22,29H,5,16-18H2,1-4H3,(H,26,30)(H,31,32)/t21-,22-/m0/s1. The Labute approximate surface area is 195 Å². The third-order valence-corrected chi connectivity index (χ3v) is 5.14. The SMILES string of the molecule is CCN(C[C@H](O)[C@H](Cc1ccccc1)NC(=O)OCc1ccccc1)N(C(=O)O)C(C)(C)C. The molecule has 0 unspecified atom stereocenters. The summed E-state index contributed by atoms with van der Waals surface area (Å²) in [4.78, 5) is 24.4. The van der Waals surface area contributed by atoms with E-state index in [0.717, 1.165) is 11.1 Å². The minimum Gasteiger partial charge on any atom is -0.464 e. The molecule has 3 N–H and O–H groups in total. The molecule has 0 heterocycles. The van der Waals surface area contributed by atoms with Gasteiger partial charge >= 0.3 is 12.2 Å². The number of benzene rings is 2. The first kappa shape index (κ1) is 26.2. The number of hydrogen-bond donors (Lipinski definition) is 3. The van der Waals surface area contributed by atoms with Crippen LogP contribution in [0.15, 0.2) is 60.7 Å². The molecule has 0 radical (unpaired) electrons. The van der Waals surface area contributed by atoms with E-state index < -0.39 is 29.9 Å². The lowest BCUT2D eigenvalue weighted by Crippen LogP contribution is -2.59. The Morgan fingerprint density at radius 2 is 1.55 bits per heavy atom. The normalized spacial score (nSPS) is 13.3. The molecule has 0 bridgehead atoms. The van der Waals surface area contributed by atoms with Gasteiger partial charge in [-0.15, -0.1) is 0 Å². The first-order valence-corrected chi connectivity index (χ1v) is 11.1. The third kappa shape index (κ3) is 8.40. The number of hydrazine groups is 1. The molecule has 2 aromatic rings. The molecule has 2 aromatic carbocycles. The molecule has 33 heavy (non-hydrogen) atoms. The Kier molecular flexibility index (Phi) is 9.69. The van der Waals surface area contributed by atoms with Gasteiger partial charge in [-0.2, -0.15) is 0 Å². The predicted molar refractivity (Wildman–Crippen MR) is 127 cm³/mol. The first-order valence-electron chi connectivity index (χ1n) is 11.1. The van der Waals surface area contributed by atoms with Gasteiger partial charge in [0.1, 0.15) is 6.61 Å². The fourth-order valence-electron chi connectivity index (χ4n) is 3.59. The van der Waals surface area contributed by atoms with Gasteiger partial charge in [0.15, 0.2) is 0 Å². The number of nitrogens with zero attached hydrogens (tertiary/aromatic N) is 2. The van der Waals surface area contributed by atoms with Crippen molar-refractivity contribution in [2.75, 3.05) is 13.1 Å².